The van der Waals surface area contributed by atoms with Crippen molar-refractivity contribution in [1.82, 2.24) is 10.9 Å². The Morgan fingerprint density at radius 3 is 2.31 bits per heavy atom. The minimum atomic E-state index is -0.495. The molecule has 2 amide bonds. The van der Waals surface area contributed by atoms with Crippen LogP contribution in [0.4, 0.5) is 0 Å². The Labute approximate surface area is 170 Å². The number of hydrogen-bond donors (Lipinski definition) is 2. The normalized spacial score (nSPS) is 10.1. The highest BCUT2D eigenvalue weighted by Gasteiger charge is 2.10. The molecular formula is C22H26N2O5. The van der Waals surface area contributed by atoms with Crippen molar-refractivity contribution in [3.63, 3.8) is 0 Å². The number of amides is 2. The van der Waals surface area contributed by atoms with Crippen LogP contribution in [0.1, 0.15) is 30.4 Å². The number of rotatable bonds is 10. The summed E-state index contributed by atoms with van der Waals surface area (Å²) in [5, 5.41) is 0. The van der Waals surface area contributed by atoms with Gasteiger partial charge in [0, 0.05) is 6.42 Å². The molecule has 0 heterocycles. The van der Waals surface area contributed by atoms with Crippen molar-refractivity contribution >= 4 is 17.8 Å². The summed E-state index contributed by atoms with van der Waals surface area (Å²) in [6.45, 7) is 1.95. The van der Waals surface area contributed by atoms with E-state index in [4.69, 9.17) is 9.47 Å². The van der Waals surface area contributed by atoms with Crippen LogP contribution in [-0.2, 0) is 25.5 Å². The monoisotopic (exact) mass is 398 g/mol. The van der Waals surface area contributed by atoms with Gasteiger partial charge in [0.05, 0.1) is 13.0 Å². The third-order valence-electron chi connectivity index (χ3n) is 4.07. The predicted molar refractivity (Wildman–Crippen MR) is 108 cm³/mol. The highest BCUT2D eigenvalue weighted by molar-refractivity contribution is 5.84. The largest absolute Gasteiger partial charge is 0.483 e. The van der Waals surface area contributed by atoms with Crippen molar-refractivity contribution in [2.45, 2.75) is 32.6 Å². The van der Waals surface area contributed by atoms with E-state index in [2.05, 4.69) is 10.9 Å². The van der Waals surface area contributed by atoms with Gasteiger partial charge in [-0.05, 0) is 37.0 Å². The van der Waals surface area contributed by atoms with Crippen LogP contribution in [-0.4, -0.2) is 31.0 Å². The second-order valence-electron chi connectivity index (χ2n) is 6.46. The van der Waals surface area contributed by atoms with Crippen LogP contribution in [0.2, 0.25) is 0 Å². The Balaban J connectivity index is 1.52. The molecule has 0 aromatic heterocycles. The average molecular weight is 398 g/mol. The summed E-state index contributed by atoms with van der Waals surface area (Å²) in [5.74, 6) is -0.813. The number of hydrogen-bond acceptors (Lipinski definition) is 5. The molecule has 0 aliphatic heterocycles. The molecule has 7 heteroatoms. The standard InChI is InChI=1S/C22H26N2O5/c1-17-8-5-6-12-19(17)29-16-21(26)24-23-20(25)13-14-22(27)28-15-7-11-18-9-3-2-4-10-18/h2-6,8-10,12H,7,11,13-16H2,1H3,(H,23,25)(H,24,26). The zero-order valence-corrected chi connectivity index (χ0v) is 16.5. The highest BCUT2D eigenvalue weighted by Crippen LogP contribution is 2.15. The van der Waals surface area contributed by atoms with E-state index < -0.39 is 17.8 Å². The lowest BCUT2D eigenvalue weighted by atomic mass is 10.1. The van der Waals surface area contributed by atoms with Gasteiger partial charge in [0.1, 0.15) is 5.75 Å². The molecule has 0 saturated carbocycles. The molecule has 0 saturated heterocycles. The fourth-order valence-corrected chi connectivity index (χ4v) is 2.49. The first kappa shape index (κ1) is 21.9. The molecule has 0 bridgehead atoms. The van der Waals surface area contributed by atoms with Gasteiger partial charge in [-0.15, -0.1) is 0 Å². The van der Waals surface area contributed by atoms with Crippen molar-refractivity contribution in [2.24, 2.45) is 0 Å². The fourth-order valence-electron chi connectivity index (χ4n) is 2.49. The molecule has 0 atom stereocenters. The van der Waals surface area contributed by atoms with Crippen LogP contribution in [0, 0.1) is 6.92 Å². The molecule has 2 aromatic carbocycles. The van der Waals surface area contributed by atoms with Gasteiger partial charge in [-0.25, -0.2) is 0 Å². The van der Waals surface area contributed by atoms with Crippen molar-refractivity contribution in [1.29, 1.82) is 0 Å². The second-order valence-corrected chi connectivity index (χ2v) is 6.46. The summed E-state index contributed by atoms with van der Waals surface area (Å²) in [6.07, 6.45) is 1.42. The first-order valence-electron chi connectivity index (χ1n) is 9.50. The lowest BCUT2D eigenvalue weighted by molar-refractivity contribution is -0.145. The summed E-state index contributed by atoms with van der Waals surface area (Å²) in [5.41, 5.74) is 6.60. The van der Waals surface area contributed by atoms with Crippen molar-refractivity contribution in [3.8, 4) is 5.75 Å². The second kappa shape index (κ2) is 12.2. The fraction of sp³-hybridized carbons (Fsp3) is 0.318. The zero-order chi connectivity index (χ0) is 20.9. The smallest absolute Gasteiger partial charge is 0.306 e. The SMILES string of the molecule is Cc1ccccc1OCC(=O)NNC(=O)CCC(=O)OCCCc1ccccc1. The minimum Gasteiger partial charge on any atom is -0.483 e. The molecule has 0 radical (unpaired) electrons. The van der Waals surface area contributed by atoms with Gasteiger partial charge in [0.25, 0.3) is 5.91 Å². The van der Waals surface area contributed by atoms with Crippen LogP contribution in [0.25, 0.3) is 0 Å². The van der Waals surface area contributed by atoms with Gasteiger partial charge in [-0.2, -0.15) is 0 Å². The van der Waals surface area contributed by atoms with E-state index >= 15 is 0 Å². The molecule has 2 N–H and O–H groups in total. The first-order valence-corrected chi connectivity index (χ1v) is 9.50. The summed E-state index contributed by atoms with van der Waals surface area (Å²) in [6, 6.07) is 17.2. The molecule has 0 aliphatic rings. The number of para-hydroxylation sites is 1. The maximum absolute atomic E-state index is 11.7. The molecule has 2 rings (SSSR count). The third-order valence-corrected chi connectivity index (χ3v) is 4.07. The minimum absolute atomic E-state index is 0.0489. The summed E-state index contributed by atoms with van der Waals surface area (Å²) in [7, 11) is 0. The van der Waals surface area contributed by atoms with Gasteiger partial charge >= 0.3 is 5.97 Å². The van der Waals surface area contributed by atoms with Gasteiger partial charge in [-0.1, -0.05) is 48.5 Å². The molecule has 2 aromatic rings. The van der Waals surface area contributed by atoms with E-state index in [1.165, 1.54) is 5.56 Å². The maximum Gasteiger partial charge on any atom is 0.306 e. The Kier molecular flexibility index (Phi) is 9.21. The number of aryl methyl sites for hydroxylation is 2. The molecular weight excluding hydrogens is 372 g/mol. The lowest BCUT2D eigenvalue weighted by Crippen LogP contribution is -2.43. The number of hydrazine groups is 1. The summed E-state index contributed by atoms with van der Waals surface area (Å²) < 4.78 is 10.5. The van der Waals surface area contributed by atoms with Gasteiger partial charge in [0.2, 0.25) is 5.91 Å². The predicted octanol–water partition coefficient (Wildman–Crippen LogP) is 2.48. The van der Waals surface area contributed by atoms with E-state index in [0.717, 1.165) is 18.4 Å². The van der Waals surface area contributed by atoms with E-state index in [1.54, 1.807) is 6.07 Å². The number of ether oxygens (including phenoxy) is 2. The van der Waals surface area contributed by atoms with Crippen LogP contribution < -0.4 is 15.6 Å². The zero-order valence-electron chi connectivity index (χ0n) is 16.5. The molecule has 0 unspecified atom stereocenters. The Hall–Kier alpha value is -3.35. The molecule has 0 aliphatic carbocycles. The lowest BCUT2D eigenvalue weighted by Gasteiger charge is -2.10. The first-order chi connectivity index (χ1) is 14.0. The van der Waals surface area contributed by atoms with E-state index in [-0.39, 0.29) is 19.4 Å². The molecule has 0 spiro atoms. The Morgan fingerprint density at radius 1 is 0.862 bits per heavy atom. The van der Waals surface area contributed by atoms with Gasteiger partial charge < -0.3 is 9.47 Å². The topological polar surface area (TPSA) is 93.7 Å². The van der Waals surface area contributed by atoms with Crippen molar-refractivity contribution in [3.05, 3.63) is 65.7 Å². The number of nitrogens with one attached hydrogen (secondary N) is 2. The third kappa shape index (κ3) is 8.92. The molecule has 0 fully saturated rings. The van der Waals surface area contributed by atoms with E-state index in [1.807, 2.05) is 55.5 Å². The maximum atomic E-state index is 11.7. The Morgan fingerprint density at radius 2 is 1.55 bits per heavy atom. The number of esters is 1. The number of benzene rings is 2. The van der Waals surface area contributed by atoms with E-state index in [9.17, 15) is 14.4 Å². The van der Waals surface area contributed by atoms with Gasteiger partial charge in [0.15, 0.2) is 6.61 Å². The van der Waals surface area contributed by atoms with Crippen LogP contribution in [0.5, 0.6) is 5.75 Å². The summed E-state index contributed by atoms with van der Waals surface area (Å²) >= 11 is 0. The molecule has 154 valence electrons. The Bertz CT molecular complexity index is 808. The van der Waals surface area contributed by atoms with E-state index in [0.29, 0.717) is 12.4 Å². The number of carbonyl (C=O) groups is 3. The van der Waals surface area contributed by atoms with Crippen molar-refractivity contribution in [2.75, 3.05) is 13.2 Å². The molecule has 7 nitrogen and oxygen atoms in total. The van der Waals surface area contributed by atoms with Crippen LogP contribution >= 0.6 is 0 Å². The summed E-state index contributed by atoms with van der Waals surface area (Å²) in [4.78, 5) is 35.1. The van der Waals surface area contributed by atoms with Gasteiger partial charge in [-0.3, -0.25) is 25.2 Å². The highest BCUT2D eigenvalue weighted by atomic mass is 16.5. The quantitative estimate of drug-likeness (QED) is 0.364. The molecule has 29 heavy (non-hydrogen) atoms. The van der Waals surface area contributed by atoms with Crippen LogP contribution in [0.15, 0.2) is 54.6 Å². The average Bonchev–Trinajstić information content (AvgIpc) is 2.74. The number of carbonyl (C=O) groups excluding carboxylic acids is 3. The van der Waals surface area contributed by atoms with Crippen molar-refractivity contribution < 1.29 is 23.9 Å². The van der Waals surface area contributed by atoms with Crippen LogP contribution in [0.3, 0.4) is 0 Å².